The SMILES string of the molecule is CCOC(=O)CCNC(=O)Cc1cccc2ccccc12. The molecule has 1 N–H and O–H groups in total. The third kappa shape index (κ3) is 4.31. The van der Waals surface area contributed by atoms with Gasteiger partial charge in [-0.1, -0.05) is 42.5 Å². The lowest BCUT2D eigenvalue weighted by molar-refractivity contribution is -0.143. The fourth-order valence-electron chi connectivity index (χ4n) is 2.22. The van der Waals surface area contributed by atoms with Crippen LogP contribution in [0.5, 0.6) is 0 Å². The number of nitrogens with one attached hydrogen (secondary N) is 1. The maximum absolute atomic E-state index is 11.9. The van der Waals surface area contributed by atoms with Crippen molar-refractivity contribution in [2.75, 3.05) is 13.2 Å². The molecule has 2 rings (SSSR count). The Morgan fingerprint density at radius 2 is 1.86 bits per heavy atom. The Kier molecular flexibility index (Phi) is 5.32. The molecule has 0 saturated carbocycles. The highest BCUT2D eigenvalue weighted by Gasteiger charge is 2.07. The highest BCUT2D eigenvalue weighted by atomic mass is 16.5. The Balaban J connectivity index is 1.91. The number of fused-ring (bicyclic) bond motifs is 1. The first-order chi connectivity index (χ1) is 10.2. The molecule has 4 nitrogen and oxygen atoms in total. The highest BCUT2D eigenvalue weighted by molar-refractivity contribution is 5.90. The smallest absolute Gasteiger partial charge is 0.307 e. The van der Waals surface area contributed by atoms with Crippen LogP contribution in [0.1, 0.15) is 18.9 Å². The van der Waals surface area contributed by atoms with Crippen LogP contribution in [-0.4, -0.2) is 25.0 Å². The first-order valence-corrected chi connectivity index (χ1v) is 7.09. The summed E-state index contributed by atoms with van der Waals surface area (Å²) in [6.07, 6.45) is 0.513. The van der Waals surface area contributed by atoms with Crippen molar-refractivity contribution >= 4 is 22.6 Å². The number of amides is 1. The van der Waals surface area contributed by atoms with E-state index in [2.05, 4.69) is 5.32 Å². The molecule has 0 saturated heterocycles. The molecule has 0 heterocycles. The molecule has 2 aromatic rings. The van der Waals surface area contributed by atoms with Crippen molar-refractivity contribution in [1.82, 2.24) is 5.32 Å². The topological polar surface area (TPSA) is 55.4 Å². The maximum atomic E-state index is 11.9. The minimum absolute atomic E-state index is 0.0874. The van der Waals surface area contributed by atoms with E-state index in [0.29, 0.717) is 19.6 Å². The minimum atomic E-state index is -0.289. The standard InChI is InChI=1S/C17H19NO3/c1-2-21-17(20)10-11-18-16(19)12-14-8-5-7-13-6-3-4-9-15(13)14/h3-9H,2,10-12H2,1H3,(H,18,19). The summed E-state index contributed by atoms with van der Waals surface area (Å²) in [6.45, 7) is 2.43. The van der Waals surface area contributed by atoms with Gasteiger partial charge in [-0.15, -0.1) is 0 Å². The molecule has 1 amide bonds. The van der Waals surface area contributed by atoms with Crippen LogP contribution in [0.4, 0.5) is 0 Å². The fourth-order valence-corrected chi connectivity index (χ4v) is 2.22. The predicted molar refractivity (Wildman–Crippen MR) is 81.9 cm³/mol. The number of carbonyl (C=O) groups excluding carboxylic acids is 2. The van der Waals surface area contributed by atoms with Crippen molar-refractivity contribution in [1.29, 1.82) is 0 Å². The molecule has 110 valence electrons. The molecule has 0 aliphatic rings. The van der Waals surface area contributed by atoms with Crippen LogP contribution in [0.3, 0.4) is 0 Å². The summed E-state index contributed by atoms with van der Waals surface area (Å²) in [5.41, 5.74) is 0.988. The van der Waals surface area contributed by atoms with Gasteiger partial charge in [0.2, 0.25) is 5.91 Å². The number of ether oxygens (including phenoxy) is 1. The van der Waals surface area contributed by atoms with Crippen LogP contribution >= 0.6 is 0 Å². The van der Waals surface area contributed by atoms with E-state index in [9.17, 15) is 9.59 Å². The minimum Gasteiger partial charge on any atom is -0.466 e. The number of hydrogen-bond donors (Lipinski definition) is 1. The quantitative estimate of drug-likeness (QED) is 0.829. The van der Waals surface area contributed by atoms with Gasteiger partial charge in [0.05, 0.1) is 19.4 Å². The number of hydrogen-bond acceptors (Lipinski definition) is 3. The molecule has 0 atom stereocenters. The van der Waals surface area contributed by atoms with Crippen molar-refractivity contribution < 1.29 is 14.3 Å². The summed E-state index contributed by atoms with van der Waals surface area (Å²) in [4.78, 5) is 23.1. The van der Waals surface area contributed by atoms with Gasteiger partial charge in [-0.25, -0.2) is 0 Å². The van der Waals surface area contributed by atoms with Crippen LogP contribution in [0.25, 0.3) is 10.8 Å². The van der Waals surface area contributed by atoms with Crippen LogP contribution in [0.2, 0.25) is 0 Å². The van der Waals surface area contributed by atoms with Crippen LogP contribution in [0, 0.1) is 0 Å². The number of rotatable bonds is 6. The van der Waals surface area contributed by atoms with Crippen molar-refractivity contribution in [3.05, 3.63) is 48.0 Å². The van der Waals surface area contributed by atoms with Crippen LogP contribution < -0.4 is 5.32 Å². The zero-order chi connectivity index (χ0) is 15.1. The van der Waals surface area contributed by atoms with Crippen LogP contribution in [0.15, 0.2) is 42.5 Å². The molecular formula is C17H19NO3. The summed E-state index contributed by atoms with van der Waals surface area (Å²) in [5.74, 6) is -0.376. The summed E-state index contributed by atoms with van der Waals surface area (Å²) in [7, 11) is 0. The number of benzene rings is 2. The lowest BCUT2D eigenvalue weighted by atomic mass is 10.0. The molecule has 0 aliphatic heterocycles. The molecule has 0 aliphatic carbocycles. The summed E-state index contributed by atoms with van der Waals surface area (Å²) < 4.78 is 4.81. The molecule has 0 unspecified atom stereocenters. The Morgan fingerprint density at radius 1 is 1.10 bits per heavy atom. The van der Waals surface area contributed by atoms with E-state index in [-0.39, 0.29) is 18.3 Å². The van der Waals surface area contributed by atoms with Crippen molar-refractivity contribution in [2.24, 2.45) is 0 Å². The van der Waals surface area contributed by atoms with E-state index < -0.39 is 0 Å². The predicted octanol–water partition coefficient (Wildman–Crippen LogP) is 2.45. The van der Waals surface area contributed by atoms with E-state index >= 15 is 0 Å². The third-order valence-electron chi connectivity index (χ3n) is 3.19. The van der Waals surface area contributed by atoms with E-state index in [1.807, 2.05) is 42.5 Å². The first-order valence-electron chi connectivity index (χ1n) is 7.09. The van der Waals surface area contributed by atoms with Gasteiger partial charge in [0, 0.05) is 6.54 Å². The largest absolute Gasteiger partial charge is 0.466 e. The van der Waals surface area contributed by atoms with Gasteiger partial charge in [-0.05, 0) is 23.3 Å². The Morgan fingerprint density at radius 3 is 2.67 bits per heavy atom. The van der Waals surface area contributed by atoms with Gasteiger partial charge in [0.15, 0.2) is 0 Å². The van der Waals surface area contributed by atoms with Gasteiger partial charge in [0.25, 0.3) is 0 Å². The second-order valence-electron chi connectivity index (χ2n) is 4.72. The molecule has 4 heteroatoms. The monoisotopic (exact) mass is 285 g/mol. The first kappa shape index (κ1) is 15.0. The molecule has 0 fully saturated rings. The lowest BCUT2D eigenvalue weighted by Gasteiger charge is -2.08. The van der Waals surface area contributed by atoms with Gasteiger partial charge >= 0.3 is 5.97 Å². The second kappa shape index (κ2) is 7.43. The van der Waals surface area contributed by atoms with E-state index in [4.69, 9.17) is 4.74 Å². The molecule has 21 heavy (non-hydrogen) atoms. The number of carbonyl (C=O) groups is 2. The summed E-state index contributed by atoms with van der Waals surface area (Å²) in [5, 5.41) is 4.95. The third-order valence-corrected chi connectivity index (χ3v) is 3.19. The average molecular weight is 285 g/mol. The second-order valence-corrected chi connectivity index (χ2v) is 4.72. The van der Waals surface area contributed by atoms with Crippen molar-refractivity contribution in [3.8, 4) is 0 Å². The summed E-state index contributed by atoms with van der Waals surface area (Å²) >= 11 is 0. The Bertz CT molecular complexity index is 631. The zero-order valence-corrected chi connectivity index (χ0v) is 12.1. The van der Waals surface area contributed by atoms with E-state index in [1.165, 1.54) is 0 Å². The van der Waals surface area contributed by atoms with Gasteiger partial charge in [0.1, 0.15) is 0 Å². The normalized spacial score (nSPS) is 10.3. The molecular weight excluding hydrogens is 266 g/mol. The van der Waals surface area contributed by atoms with Gasteiger partial charge in [-0.3, -0.25) is 9.59 Å². The fraction of sp³-hybridized carbons (Fsp3) is 0.294. The average Bonchev–Trinajstić information content (AvgIpc) is 2.48. The zero-order valence-electron chi connectivity index (χ0n) is 12.1. The van der Waals surface area contributed by atoms with Crippen molar-refractivity contribution in [3.63, 3.8) is 0 Å². The van der Waals surface area contributed by atoms with Gasteiger partial charge in [-0.2, -0.15) is 0 Å². The van der Waals surface area contributed by atoms with E-state index in [0.717, 1.165) is 16.3 Å². The molecule has 2 aromatic carbocycles. The van der Waals surface area contributed by atoms with E-state index in [1.54, 1.807) is 6.92 Å². The Labute approximate surface area is 124 Å². The molecule has 0 spiro atoms. The summed E-state index contributed by atoms with van der Waals surface area (Å²) in [6, 6.07) is 13.9. The molecule has 0 radical (unpaired) electrons. The highest BCUT2D eigenvalue weighted by Crippen LogP contribution is 2.18. The Hall–Kier alpha value is -2.36. The maximum Gasteiger partial charge on any atom is 0.307 e. The van der Waals surface area contributed by atoms with Crippen molar-refractivity contribution in [2.45, 2.75) is 19.8 Å². The molecule has 0 bridgehead atoms. The van der Waals surface area contributed by atoms with Gasteiger partial charge < -0.3 is 10.1 Å². The van der Waals surface area contributed by atoms with Crippen LogP contribution in [-0.2, 0) is 20.7 Å². The number of esters is 1. The lowest BCUT2D eigenvalue weighted by Crippen LogP contribution is -2.28. The molecule has 0 aromatic heterocycles.